The van der Waals surface area contributed by atoms with E-state index in [-0.39, 0.29) is 32.2 Å². The Morgan fingerprint density at radius 2 is 1.30 bits per heavy atom. The predicted octanol–water partition coefficient (Wildman–Crippen LogP) is -1.57. The number of aliphatic carboxylic acids is 2. The van der Waals surface area contributed by atoms with Crippen molar-refractivity contribution in [2.45, 2.75) is 101 Å². The van der Waals surface area contributed by atoms with Crippen molar-refractivity contribution in [3.8, 4) is 0 Å². The molecule has 21 heteroatoms. The maximum Gasteiger partial charge on any atom is 0.326 e. The summed E-state index contributed by atoms with van der Waals surface area (Å²) in [5.74, 6) is -9.43. The Labute approximate surface area is 363 Å². The molecule has 0 saturated heterocycles. The number of fused-ring (bicyclic) bond motifs is 1. The number of unbranched alkanes of at least 4 members (excludes halogenated alkanes) is 1. The van der Waals surface area contributed by atoms with Crippen molar-refractivity contribution < 1.29 is 53.4 Å². The third-order valence-electron chi connectivity index (χ3n) is 9.94. The fraction of sp³-hybridized carbons (Fsp3) is 0.452. The number of nitrogens with two attached hydrogens (primary N) is 3. The Balaban J connectivity index is 1.67. The number of aromatic nitrogens is 1. The van der Waals surface area contributed by atoms with E-state index in [4.69, 9.17) is 17.2 Å². The first-order valence-corrected chi connectivity index (χ1v) is 20.5. The molecule has 1 heterocycles. The van der Waals surface area contributed by atoms with Crippen LogP contribution in [0.1, 0.15) is 63.5 Å². The molecule has 3 rings (SSSR count). The van der Waals surface area contributed by atoms with Gasteiger partial charge in [-0.2, -0.15) is 0 Å². The number of benzene rings is 2. The smallest absolute Gasteiger partial charge is 0.326 e. The number of aromatic amines is 1. The van der Waals surface area contributed by atoms with Crippen LogP contribution in [0.15, 0.2) is 60.8 Å². The van der Waals surface area contributed by atoms with E-state index >= 15 is 0 Å². The zero-order valence-corrected chi connectivity index (χ0v) is 35.2. The molecular weight excluding hydrogens is 821 g/mol. The lowest BCUT2D eigenvalue weighted by Gasteiger charge is -2.26. The van der Waals surface area contributed by atoms with Crippen molar-refractivity contribution in [1.82, 2.24) is 36.9 Å². The van der Waals surface area contributed by atoms with E-state index in [2.05, 4.69) is 36.9 Å². The first-order valence-electron chi connectivity index (χ1n) is 20.5. The molecule has 342 valence electrons. The highest BCUT2D eigenvalue weighted by Gasteiger charge is 2.33. The highest BCUT2D eigenvalue weighted by molar-refractivity contribution is 5.97. The van der Waals surface area contributed by atoms with Crippen LogP contribution in [0.2, 0.25) is 0 Å². The monoisotopic (exact) mass is 878 g/mol. The second-order valence-corrected chi connectivity index (χ2v) is 15.3. The Morgan fingerprint density at radius 1 is 0.683 bits per heavy atom. The first kappa shape index (κ1) is 50.5. The van der Waals surface area contributed by atoms with Gasteiger partial charge in [-0.1, -0.05) is 62.4 Å². The van der Waals surface area contributed by atoms with Gasteiger partial charge >= 0.3 is 11.9 Å². The number of carboxylic acids is 2. The number of carbonyl (C=O) groups is 9. The number of H-pyrrole nitrogens is 1. The largest absolute Gasteiger partial charge is 0.481 e. The number of rotatable bonds is 27. The molecule has 0 fully saturated rings. The van der Waals surface area contributed by atoms with Gasteiger partial charge in [-0.05, 0) is 61.8 Å². The Hall–Kier alpha value is -6.87. The van der Waals surface area contributed by atoms with Crippen LogP contribution in [-0.4, -0.2) is 118 Å². The quantitative estimate of drug-likeness (QED) is 0.0386. The van der Waals surface area contributed by atoms with E-state index in [0.29, 0.717) is 18.4 Å². The molecule has 0 bridgehead atoms. The summed E-state index contributed by atoms with van der Waals surface area (Å²) < 4.78 is 0. The number of carbonyl (C=O) groups excluding carboxylic acids is 7. The van der Waals surface area contributed by atoms with E-state index < -0.39 is 115 Å². The molecule has 15 N–H and O–H groups in total. The molecular formula is C42H58N10O11. The van der Waals surface area contributed by atoms with E-state index in [1.165, 1.54) is 0 Å². The highest BCUT2D eigenvalue weighted by atomic mass is 16.4. The van der Waals surface area contributed by atoms with Crippen molar-refractivity contribution >= 4 is 64.2 Å². The third kappa shape index (κ3) is 16.8. The first-order chi connectivity index (χ1) is 29.9. The van der Waals surface area contributed by atoms with Gasteiger partial charge < -0.3 is 64.3 Å². The summed E-state index contributed by atoms with van der Waals surface area (Å²) in [7, 11) is 0. The van der Waals surface area contributed by atoms with Crippen LogP contribution < -0.4 is 49.1 Å². The summed E-state index contributed by atoms with van der Waals surface area (Å²) in [5.41, 5.74) is 19.4. The predicted molar refractivity (Wildman–Crippen MR) is 229 cm³/mol. The average Bonchev–Trinajstić information content (AvgIpc) is 3.64. The summed E-state index contributed by atoms with van der Waals surface area (Å²) in [5, 5.41) is 34.5. The van der Waals surface area contributed by atoms with Crippen LogP contribution >= 0.6 is 0 Å². The fourth-order valence-electron chi connectivity index (χ4n) is 6.53. The molecule has 0 aliphatic rings. The molecule has 0 radical (unpaired) electrons. The van der Waals surface area contributed by atoms with Gasteiger partial charge in [0.1, 0.15) is 30.2 Å². The second-order valence-electron chi connectivity index (χ2n) is 15.3. The summed E-state index contributed by atoms with van der Waals surface area (Å²) in [6.07, 6.45) is 0.996. The van der Waals surface area contributed by atoms with Gasteiger partial charge in [-0.3, -0.25) is 38.4 Å². The maximum atomic E-state index is 13.6. The van der Waals surface area contributed by atoms with Gasteiger partial charge in [0.2, 0.25) is 41.4 Å². The van der Waals surface area contributed by atoms with Crippen LogP contribution in [0.3, 0.4) is 0 Å². The normalized spacial score (nSPS) is 13.9. The molecule has 0 aliphatic heterocycles. The topological polar surface area (TPSA) is 360 Å². The average molecular weight is 879 g/mol. The Bertz CT molecular complexity index is 2080. The molecule has 0 unspecified atom stereocenters. The van der Waals surface area contributed by atoms with E-state index in [0.717, 1.165) is 16.5 Å². The molecule has 7 amide bonds. The van der Waals surface area contributed by atoms with Crippen molar-refractivity contribution in [2.75, 3.05) is 13.1 Å². The molecule has 21 nitrogen and oxygen atoms in total. The van der Waals surface area contributed by atoms with Gasteiger partial charge in [0.05, 0.1) is 19.0 Å². The van der Waals surface area contributed by atoms with Crippen LogP contribution in [0.5, 0.6) is 0 Å². The standard InChI is InChI=1S/C42H58N10O11/c1-23(2)36(41(61)51-32(42(62)63)18-24-10-4-3-5-11-24)52-40(60)31(20-33(45)53)48-34(54)22-47-38(58)29(14-8-9-17-43)50-39(59)30(15-16-35(55)56)49-37(57)27(44)19-25-21-46-28-13-7-6-12-26(25)28/h3-7,10-13,21,23,27,29-32,36,46H,8-9,14-20,22,43-44H2,1-2H3,(H2,45,53)(H,47,58)(H,48,54)(H,49,57)(H,50,59)(H,51,61)(H,52,60)(H,55,56)(H,62,63)/t27-,29-,30-,31-,32-,36-/m0/s1. The van der Waals surface area contributed by atoms with E-state index in [1.54, 1.807) is 50.4 Å². The van der Waals surface area contributed by atoms with Gasteiger partial charge in [0.15, 0.2) is 0 Å². The van der Waals surface area contributed by atoms with Crippen LogP contribution in [0.4, 0.5) is 0 Å². The lowest BCUT2D eigenvalue weighted by Crippen LogP contribution is -2.59. The zero-order chi connectivity index (χ0) is 46.6. The van der Waals surface area contributed by atoms with Crippen molar-refractivity contribution in [1.29, 1.82) is 0 Å². The van der Waals surface area contributed by atoms with E-state index in [1.807, 2.05) is 24.3 Å². The number of nitrogens with one attached hydrogen (secondary N) is 7. The minimum absolute atomic E-state index is 0.0233. The van der Waals surface area contributed by atoms with Crippen LogP contribution in [0, 0.1) is 5.92 Å². The zero-order valence-electron chi connectivity index (χ0n) is 35.2. The highest BCUT2D eigenvalue weighted by Crippen LogP contribution is 2.19. The fourth-order valence-corrected chi connectivity index (χ4v) is 6.53. The van der Waals surface area contributed by atoms with E-state index in [9.17, 15) is 53.4 Å². The van der Waals surface area contributed by atoms with Crippen molar-refractivity contribution in [3.05, 3.63) is 71.9 Å². The number of hydrogen-bond acceptors (Lipinski definition) is 11. The summed E-state index contributed by atoms with van der Waals surface area (Å²) in [6, 6.07) is 7.80. The number of hydrogen-bond donors (Lipinski definition) is 12. The third-order valence-corrected chi connectivity index (χ3v) is 9.94. The molecule has 6 atom stereocenters. The van der Waals surface area contributed by atoms with Gasteiger partial charge in [0, 0.05) is 29.9 Å². The molecule has 0 spiro atoms. The lowest BCUT2D eigenvalue weighted by molar-refractivity contribution is -0.142. The summed E-state index contributed by atoms with van der Waals surface area (Å²) in [4.78, 5) is 119. The number of amides is 7. The van der Waals surface area contributed by atoms with Crippen molar-refractivity contribution in [3.63, 3.8) is 0 Å². The number of para-hydroxylation sites is 1. The minimum Gasteiger partial charge on any atom is -0.481 e. The molecule has 1 aromatic heterocycles. The lowest BCUT2D eigenvalue weighted by atomic mass is 10.0. The van der Waals surface area contributed by atoms with Crippen LogP contribution in [0.25, 0.3) is 10.9 Å². The van der Waals surface area contributed by atoms with Crippen LogP contribution in [-0.2, 0) is 56.0 Å². The molecule has 2 aromatic carbocycles. The Kier molecular flexibility index (Phi) is 20.2. The summed E-state index contributed by atoms with van der Waals surface area (Å²) >= 11 is 0. The summed E-state index contributed by atoms with van der Waals surface area (Å²) in [6.45, 7) is 2.66. The maximum absolute atomic E-state index is 13.6. The number of primary amides is 1. The SMILES string of the molecule is CC(C)[C@H](NC(=O)[C@H](CC(N)=O)NC(=O)CNC(=O)[C@H](CCCCN)NC(=O)[C@H](CCC(=O)O)NC(=O)[C@@H](N)Cc1c[nH]c2ccccc12)C(=O)N[C@@H](Cc1ccccc1)C(=O)O. The van der Waals surface area contributed by atoms with Gasteiger partial charge in [-0.25, -0.2) is 4.79 Å². The molecule has 3 aromatic rings. The van der Waals surface area contributed by atoms with Gasteiger partial charge in [0.25, 0.3) is 0 Å². The second kappa shape index (κ2) is 25.2. The molecule has 63 heavy (non-hydrogen) atoms. The number of carboxylic acid groups (broad SMARTS) is 2. The van der Waals surface area contributed by atoms with Gasteiger partial charge in [-0.15, -0.1) is 0 Å². The molecule has 0 aliphatic carbocycles. The minimum atomic E-state index is -1.62. The van der Waals surface area contributed by atoms with Crippen molar-refractivity contribution in [2.24, 2.45) is 23.1 Å². The molecule has 0 saturated carbocycles. The Morgan fingerprint density at radius 3 is 1.94 bits per heavy atom.